The molecule has 1 fully saturated rings. The van der Waals surface area contributed by atoms with Gasteiger partial charge in [0.1, 0.15) is 24.2 Å². The molecule has 2 aliphatic rings. The summed E-state index contributed by atoms with van der Waals surface area (Å²) in [6.45, 7) is 2.81. The van der Waals surface area contributed by atoms with Crippen LogP contribution in [0.1, 0.15) is 24.5 Å². The van der Waals surface area contributed by atoms with Crippen molar-refractivity contribution in [1.82, 2.24) is 10.2 Å². The average molecular weight is 349 g/mol. The summed E-state index contributed by atoms with van der Waals surface area (Å²) >= 11 is 0. The Balaban J connectivity index is 1.59. The van der Waals surface area contributed by atoms with Crippen molar-refractivity contribution in [2.45, 2.75) is 32.5 Å². The number of hydrogen-bond donors (Lipinski definition) is 1. The van der Waals surface area contributed by atoms with Gasteiger partial charge in [-0.25, -0.2) is 4.99 Å². The van der Waals surface area contributed by atoms with Gasteiger partial charge >= 0.3 is 0 Å². The average Bonchev–Trinajstić information content (AvgIpc) is 2.98. The zero-order chi connectivity index (χ0) is 18.1. The van der Waals surface area contributed by atoms with Gasteiger partial charge in [-0.1, -0.05) is 36.4 Å². The Kier molecular flexibility index (Phi) is 4.16. The van der Waals surface area contributed by atoms with Gasteiger partial charge in [0.15, 0.2) is 0 Å². The SMILES string of the molecule is CC1=Nc2cccc(OCc3ccccc3)c2CN1C1CC(=O)NC1=O. The Morgan fingerprint density at radius 2 is 1.96 bits per heavy atom. The van der Waals surface area contributed by atoms with E-state index >= 15 is 0 Å². The molecule has 1 N–H and O–H groups in total. The highest BCUT2D eigenvalue weighted by Crippen LogP contribution is 2.35. The second kappa shape index (κ2) is 6.63. The highest BCUT2D eigenvalue weighted by atomic mass is 16.5. The molecule has 2 aromatic carbocycles. The quantitative estimate of drug-likeness (QED) is 0.861. The van der Waals surface area contributed by atoms with Crippen LogP contribution in [-0.4, -0.2) is 28.6 Å². The summed E-state index contributed by atoms with van der Waals surface area (Å²) in [6.07, 6.45) is 0.161. The number of imide groups is 1. The van der Waals surface area contributed by atoms with Crippen molar-refractivity contribution in [1.29, 1.82) is 0 Å². The van der Waals surface area contributed by atoms with E-state index < -0.39 is 6.04 Å². The van der Waals surface area contributed by atoms with Gasteiger partial charge < -0.3 is 9.64 Å². The summed E-state index contributed by atoms with van der Waals surface area (Å²) in [5, 5.41) is 2.36. The molecule has 132 valence electrons. The highest BCUT2D eigenvalue weighted by molar-refractivity contribution is 6.07. The molecule has 2 heterocycles. The van der Waals surface area contributed by atoms with Gasteiger partial charge in [0.05, 0.1) is 18.7 Å². The van der Waals surface area contributed by atoms with Crippen LogP contribution < -0.4 is 10.1 Å². The number of nitrogens with zero attached hydrogens (tertiary/aromatic N) is 2. The molecule has 1 atom stereocenters. The van der Waals surface area contributed by atoms with Gasteiger partial charge in [0.25, 0.3) is 0 Å². The fourth-order valence-corrected chi connectivity index (χ4v) is 3.34. The van der Waals surface area contributed by atoms with E-state index in [2.05, 4.69) is 10.3 Å². The number of benzene rings is 2. The Hall–Kier alpha value is -3.15. The summed E-state index contributed by atoms with van der Waals surface area (Å²) in [5.74, 6) is 0.966. The lowest BCUT2D eigenvalue weighted by Crippen LogP contribution is -2.44. The number of ether oxygens (including phenoxy) is 1. The van der Waals surface area contributed by atoms with Crippen molar-refractivity contribution in [2.75, 3.05) is 0 Å². The maximum Gasteiger partial charge on any atom is 0.249 e. The van der Waals surface area contributed by atoms with Crippen LogP contribution >= 0.6 is 0 Å². The first-order chi connectivity index (χ1) is 12.6. The standard InChI is InChI=1S/C20H19N3O3/c1-13-21-16-8-5-9-18(26-12-14-6-3-2-4-7-14)15(16)11-23(13)17-10-19(24)22-20(17)25/h2-9,17H,10-12H2,1H3,(H,22,24,25). The Morgan fingerprint density at radius 1 is 1.15 bits per heavy atom. The maximum absolute atomic E-state index is 12.1. The van der Waals surface area contributed by atoms with Gasteiger partial charge in [-0.2, -0.15) is 0 Å². The van der Waals surface area contributed by atoms with Crippen LogP contribution in [0.3, 0.4) is 0 Å². The van der Waals surface area contributed by atoms with Crippen molar-refractivity contribution < 1.29 is 14.3 Å². The third-order valence-electron chi connectivity index (χ3n) is 4.69. The molecule has 0 radical (unpaired) electrons. The van der Waals surface area contributed by atoms with Crippen LogP contribution in [0, 0.1) is 0 Å². The lowest BCUT2D eigenvalue weighted by molar-refractivity contribution is -0.125. The molecule has 6 heteroatoms. The zero-order valence-electron chi connectivity index (χ0n) is 14.4. The third kappa shape index (κ3) is 3.06. The maximum atomic E-state index is 12.1. The van der Waals surface area contributed by atoms with Crippen LogP contribution in [-0.2, 0) is 22.7 Å². The van der Waals surface area contributed by atoms with Crippen molar-refractivity contribution >= 4 is 23.3 Å². The number of aliphatic imine (C=N–C) groups is 1. The fraction of sp³-hybridized carbons (Fsp3) is 0.250. The summed E-state index contributed by atoms with van der Waals surface area (Å²) in [7, 11) is 0. The van der Waals surface area contributed by atoms with Gasteiger partial charge in [0.2, 0.25) is 11.8 Å². The van der Waals surface area contributed by atoms with Gasteiger partial charge in [-0.15, -0.1) is 0 Å². The summed E-state index contributed by atoms with van der Waals surface area (Å²) < 4.78 is 6.02. The molecule has 4 rings (SSSR count). The molecule has 2 aliphatic heterocycles. The van der Waals surface area contributed by atoms with Crippen LogP contribution in [0.4, 0.5) is 5.69 Å². The van der Waals surface area contributed by atoms with Crippen molar-refractivity contribution in [3.05, 3.63) is 59.7 Å². The van der Waals surface area contributed by atoms with E-state index in [-0.39, 0.29) is 18.2 Å². The zero-order valence-corrected chi connectivity index (χ0v) is 14.4. The molecule has 0 spiro atoms. The minimum Gasteiger partial charge on any atom is -0.488 e. The van der Waals surface area contributed by atoms with Crippen LogP contribution in [0.5, 0.6) is 5.75 Å². The first-order valence-electron chi connectivity index (χ1n) is 8.56. The largest absolute Gasteiger partial charge is 0.488 e. The van der Waals surface area contributed by atoms with E-state index in [9.17, 15) is 9.59 Å². The van der Waals surface area contributed by atoms with E-state index in [4.69, 9.17) is 4.74 Å². The fourth-order valence-electron chi connectivity index (χ4n) is 3.34. The Labute approximate surface area is 151 Å². The molecule has 1 unspecified atom stereocenters. The Morgan fingerprint density at radius 3 is 2.69 bits per heavy atom. The molecular weight excluding hydrogens is 330 g/mol. The molecule has 1 saturated heterocycles. The summed E-state index contributed by atoms with van der Waals surface area (Å²) in [4.78, 5) is 30.1. The highest BCUT2D eigenvalue weighted by Gasteiger charge is 2.37. The van der Waals surface area contributed by atoms with Crippen LogP contribution in [0.2, 0.25) is 0 Å². The molecule has 0 aliphatic carbocycles. The smallest absolute Gasteiger partial charge is 0.249 e. The lowest BCUT2D eigenvalue weighted by Gasteiger charge is -2.33. The molecule has 6 nitrogen and oxygen atoms in total. The monoisotopic (exact) mass is 349 g/mol. The lowest BCUT2D eigenvalue weighted by atomic mass is 10.1. The number of nitrogens with one attached hydrogen (secondary N) is 1. The predicted octanol–water partition coefficient (Wildman–Crippen LogP) is 2.55. The van der Waals surface area contributed by atoms with Crippen LogP contribution in [0.25, 0.3) is 0 Å². The molecule has 2 aromatic rings. The van der Waals surface area contributed by atoms with Gasteiger partial charge in [0, 0.05) is 5.56 Å². The molecule has 2 amide bonds. The molecular formula is C20H19N3O3. The molecule has 0 saturated carbocycles. The number of amidine groups is 1. The molecule has 0 bridgehead atoms. The van der Waals surface area contributed by atoms with Crippen molar-refractivity contribution in [3.63, 3.8) is 0 Å². The van der Waals surface area contributed by atoms with E-state index in [0.717, 1.165) is 28.4 Å². The Bertz CT molecular complexity index is 892. The van der Waals surface area contributed by atoms with E-state index in [0.29, 0.717) is 13.2 Å². The molecule has 0 aromatic heterocycles. The normalized spacial score (nSPS) is 19.0. The number of carbonyl (C=O) groups is 2. The number of amides is 2. The minimum absolute atomic E-state index is 0.161. The number of hydrogen-bond acceptors (Lipinski definition) is 5. The van der Waals surface area contributed by atoms with E-state index in [1.807, 2.05) is 60.4 Å². The van der Waals surface area contributed by atoms with Gasteiger partial charge in [-0.05, 0) is 24.6 Å². The van der Waals surface area contributed by atoms with E-state index in [1.165, 1.54) is 0 Å². The summed E-state index contributed by atoms with van der Waals surface area (Å²) in [5.41, 5.74) is 2.86. The minimum atomic E-state index is -0.512. The first kappa shape index (κ1) is 16.3. The van der Waals surface area contributed by atoms with Crippen LogP contribution in [0.15, 0.2) is 53.5 Å². The first-order valence-corrected chi connectivity index (χ1v) is 8.56. The van der Waals surface area contributed by atoms with Crippen molar-refractivity contribution in [3.8, 4) is 5.75 Å². The topological polar surface area (TPSA) is 71.0 Å². The van der Waals surface area contributed by atoms with Crippen molar-refractivity contribution in [2.24, 2.45) is 4.99 Å². The second-order valence-electron chi connectivity index (χ2n) is 6.45. The number of carbonyl (C=O) groups excluding carboxylic acids is 2. The number of fused-ring (bicyclic) bond motifs is 1. The third-order valence-corrected chi connectivity index (χ3v) is 4.69. The second-order valence-corrected chi connectivity index (χ2v) is 6.45. The number of rotatable bonds is 4. The molecule has 26 heavy (non-hydrogen) atoms. The predicted molar refractivity (Wildman–Crippen MR) is 97.1 cm³/mol. The van der Waals surface area contributed by atoms with E-state index in [1.54, 1.807) is 0 Å². The summed E-state index contributed by atoms with van der Waals surface area (Å²) in [6, 6.07) is 15.2. The van der Waals surface area contributed by atoms with Gasteiger partial charge in [-0.3, -0.25) is 14.9 Å².